The van der Waals surface area contributed by atoms with Crippen molar-refractivity contribution < 1.29 is 0 Å². The number of alkyl halides is 1. The fourth-order valence-electron chi connectivity index (χ4n) is 1.64. The molecule has 1 atom stereocenters. The topological polar surface area (TPSA) is 3.24 Å². The Kier molecular flexibility index (Phi) is 5.13. The van der Waals surface area contributed by atoms with Crippen molar-refractivity contribution in [3.63, 3.8) is 0 Å². The summed E-state index contributed by atoms with van der Waals surface area (Å²) in [7, 11) is 2.13. The van der Waals surface area contributed by atoms with E-state index >= 15 is 0 Å². The van der Waals surface area contributed by atoms with Gasteiger partial charge in [-0.25, -0.2) is 0 Å². The third kappa shape index (κ3) is 3.14. The maximum Gasteiger partial charge on any atom is 0.0494 e. The molecule has 0 N–H and O–H groups in total. The highest BCUT2D eigenvalue weighted by Gasteiger charge is 2.16. The van der Waals surface area contributed by atoms with Gasteiger partial charge in [0, 0.05) is 29.1 Å². The van der Waals surface area contributed by atoms with Gasteiger partial charge in [0.15, 0.2) is 0 Å². The first-order valence-corrected chi connectivity index (χ1v) is 6.87. The van der Waals surface area contributed by atoms with Crippen molar-refractivity contribution in [1.82, 2.24) is 0 Å². The second kappa shape index (κ2) is 5.92. The second-order valence-corrected chi connectivity index (χ2v) is 5.69. The molecule has 0 amide bonds. The number of hydrogen-bond acceptors (Lipinski definition) is 1. The minimum atomic E-state index is 0.497. The van der Waals surface area contributed by atoms with Crippen molar-refractivity contribution in [3.8, 4) is 0 Å². The van der Waals surface area contributed by atoms with Gasteiger partial charge >= 0.3 is 0 Å². The molecule has 0 heterocycles. The van der Waals surface area contributed by atoms with E-state index in [9.17, 15) is 0 Å². The number of halogens is 2. The van der Waals surface area contributed by atoms with Crippen LogP contribution in [-0.2, 0) is 5.88 Å². The Hall–Kier alpha value is -0.210. The van der Waals surface area contributed by atoms with Gasteiger partial charge in [0.05, 0.1) is 0 Å². The minimum Gasteiger partial charge on any atom is -0.371 e. The average Bonchev–Trinajstić information content (AvgIpc) is 2.26. The highest BCUT2D eigenvalue weighted by Crippen LogP contribution is 2.28. The molecule has 0 aliphatic heterocycles. The van der Waals surface area contributed by atoms with Gasteiger partial charge in [-0.2, -0.15) is 0 Å². The van der Waals surface area contributed by atoms with E-state index in [1.165, 1.54) is 11.3 Å². The summed E-state index contributed by atoms with van der Waals surface area (Å²) >= 11 is 9.48. The average molecular weight is 305 g/mol. The van der Waals surface area contributed by atoms with Crippen LogP contribution < -0.4 is 4.90 Å². The maximum absolute atomic E-state index is 5.97. The van der Waals surface area contributed by atoms with E-state index in [2.05, 4.69) is 60.8 Å². The van der Waals surface area contributed by atoms with E-state index in [4.69, 9.17) is 11.6 Å². The van der Waals surface area contributed by atoms with Crippen LogP contribution in [0.1, 0.15) is 26.3 Å². The van der Waals surface area contributed by atoms with E-state index < -0.39 is 0 Å². The van der Waals surface area contributed by atoms with E-state index in [1.54, 1.807) is 0 Å². The van der Waals surface area contributed by atoms with E-state index in [1.807, 2.05) is 6.07 Å². The van der Waals surface area contributed by atoms with E-state index in [-0.39, 0.29) is 0 Å². The number of anilines is 1. The Balaban J connectivity index is 3.05. The molecule has 0 radical (unpaired) electrons. The van der Waals surface area contributed by atoms with Crippen molar-refractivity contribution in [3.05, 3.63) is 28.2 Å². The van der Waals surface area contributed by atoms with Crippen molar-refractivity contribution in [2.75, 3.05) is 11.9 Å². The SMILES string of the molecule is CC(C)C(C)N(C)c1cc(Br)ccc1CCl. The molecule has 1 nitrogen and oxygen atoms in total. The number of nitrogens with zero attached hydrogens (tertiary/aromatic N) is 1. The summed E-state index contributed by atoms with van der Waals surface area (Å²) in [6, 6.07) is 6.75. The Morgan fingerprint density at radius 2 is 1.94 bits per heavy atom. The molecule has 16 heavy (non-hydrogen) atoms. The van der Waals surface area contributed by atoms with Crippen LogP contribution in [0.3, 0.4) is 0 Å². The lowest BCUT2D eigenvalue weighted by Crippen LogP contribution is -2.33. The van der Waals surface area contributed by atoms with Crippen LogP contribution in [0.15, 0.2) is 22.7 Å². The lowest BCUT2D eigenvalue weighted by atomic mass is 10.0. The highest BCUT2D eigenvalue weighted by molar-refractivity contribution is 9.10. The van der Waals surface area contributed by atoms with Crippen molar-refractivity contribution >= 4 is 33.2 Å². The maximum atomic E-state index is 5.97. The standard InChI is InChI=1S/C13H19BrClN/c1-9(2)10(3)16(4)13-7-12(14)6-5-11(13)8-15/h5-7,9-10H,8H2,1-4H3. The Labute approximate surface area is 112 Å². The van der Waals surface area contributed by atoms with Gasteiger partial charge in [-0.3, -0.25) is 0 Å². The van der Waals surface area contributed by atoms with Crippen LogP contribution in [0, 0.1) is 5.92 Å². The molecule has 0 aliphatic rings. The van der Waals surface area contributed by atoms with Crippen LogP contribution in [0.4, 0.5) is 5.69 Å². The summed E-state index contributed by atoms with van der Waals surface area (Å²) in [5, 5.41) is 0. The van der Waals surface area contributed by atoms with Crippen LogP contribution in [0.25, 0.3) is 0 Å². The molecule has 0 aliphatic carbocycles. The quantitative estimate of drug-likeness (QED) is 0.731. The first kappa shape index (κ1) is 13.9. The largest absolute Gasteiger partial charge is 0.371 e. The van der Waals surface area contributed by atoms with Crippen molar-refractivity contribution in [2.45, 2.75) is 32.7 Å². The molecule has 1 rings (SSSR count). The molecule has 1 aromatic rings. The Morgan fingerprint density at radius 3 is 2.44 bits per heavy atom. The van der Waals surface area contributed by atoms with Crippen LogP contribution >= 0.6 is 27.5 Å². The van der Waals surface area contributed by atoms with Gasteiger partial charge in [-0.15, -0.1) is 11.6 Å². The highest BCUT2D eigenvalue weighted by atomic mass is 79.9. The summed E-state index contributed by atoms with van der Waals surface area (Å²) in [4.78, 5) is 2.30. The number of hydrogen-bond donors (Lipinski definition) is 0. The molecule has 1 aromatic carbocycles. The predicted molar refractivity (Wildman–Crippen MR) is 76.4 cm³/mol. The zero-order valence-electron chi connectivity index (χ0n) is 10.3. The molecule has 3 heteroatoms. The smallest absolute Gasteiger partial charge is 0.0494 e. The molecule has 0 fully saturated rings. The van der Waals surface area contributed by atoms with Gasteiger partial charge in [-0.1, -0.05) is 35.8 Å². The van der Waals surface area contributed by atoms with Crippen LogP contribution in [-0.4, -0.2) is 13.1 Å². The van der Waals surface area contributed by atoms with E-state index in [0.29, 0.717) is 17.8 Å². The zero-order chi connectivity index (χ0) is 12.3. The molecule has 0 saturated carbocycles. The third-order valence-corrected chi connectivity index (χ3v) is 3.93. The monoisotopic (exact) mass is 303 g/mol. The van der Waals surface area contributed by atoms with Gasteiger partial charge in [0.1, 0.15) is 0 Å². The van der Waals surface area contributed by atoms with Gasteiger partial charge in [0.2, 0.25) is 0 Å². The summed E-state index contributed by atoms with van der Waals surface area (Å²) < 4.78 is 1.10. The molecule has 0 bridgehead atoms. The normalized spacial score (nSPS) is 12.9. The molecular weight excluding hydrogens is 286 g/mol. The molecular formula is C13H19BrClN. The summed E-state index contributed by atoms with van der Waals surface area (Å²) in [5.41, 5.74) is 2.39. The van der Waals surface area contributed by atoms with Crippen LogP contribution in [0.5, 0.6) is 0 Å². The van der Waals surface area contributed by atoms with E-state index in [0.717, 1.165) is 4.47 Å². The molecule has 0 aromatic heterocycles. The first-order valence-electron chi connectivity index (χ1n) is 5.54. The van der Waals surface area contributed by atoms with Gasteiger partial charge in [-0.05, 0) is 30.5 Å². The fourth-order valence-corrected chi connectivity index (χ4v) is 2.22. The number of rotatable bonds is 4. The number of benzene rings is 1. The molecule has 90 valence electrons. The van der Waals surface area contributed by atoms with Crippen molar-refractivity contribution in [1.29, 1.82) is 0 Å². The van der Waals surface area contributed by atoms with Crippen LogP contribution in [0.2, 0.25) is 0 Å². The molecule has 0 saturated heterocycles. The van der Waals surface area contributed by atoms with Crippen molar-refractivity contribution in [2.24, 2.45) is 5.92 Å². The molecule has 1 unspecified atom stereocenters. The summed E-state index contributed by atoms with van der Waals surface area (Å²) in [6.07, 6.45) is 0. The van der Waals surface area contributed by atoms with Gasteiger partial charge in [0.25, 0.3) is 0 Å². The third-order valence-electron chi connectivity index (χ3n) is 3.15. The lowest BCUT2D eigenvalue weighted by Gasteiger charge is -2.31. The summed E-state index contributed by atoms with van der Waals surface area (Å²) in [6.45, 7) is 6.71. The predicted octanol–water partition coefficient (Wildman–Crippen LogP) is 4.67. The lowest BCUT2D eigenvalue weighted by molar-refractivity contribution is 0.505. The van der Waals surface area contributed by atoms with Gasteiger partial charge < -0.3 is 4.90 Å². The second-order valence-electron chi connectivity index (χ2n) is 4.50. The minimum absolute atomic E-state index is 0.497. The summed E-state index contributed by atoms with van der Waals surface area (Å²) in [5.74, 6) is 1.17. The zero-order valence-corrected chi connectivity index (χ0v) is 12.6. The fraction of sp³-hybridized carbons (Fsp3) is 0.538. The molecule has 0 spiro atoms. The Morgan fingerprint density at radius 1 is 1.31 bits per heavy atom. The first-order chi connectivity index (χ1) is 7.47. The Bertz CT molecular complexity index is 352.